The van der Waals surface area contributed by atoms with E-state index in [0.29, 0.717) is 12.8 Å². The van der Waals surface area contributed by atoms with Crippen molar-refractivity contribution in [2.24, 2.45) is 5.73 Å². The van der Waals surface area contributed by atoms with Crippen molar-refractivity contribution in [2.75, 3.05) is 7.05 Å². The second kappa shape index (κ2) is 5.03. The summed E-state index contributed by atoms with van der Waals surface area (Å²) in [6.07, 6.45) is -2.85. The largest absolute Gasteiger partial charge is 0.397 e. The average Bonchev–Trinajstić information content (AvgIpc) is 2.15. The highest BCUT2D eigenvalue weighted by Crippen LogP contribution is 2.25. The first-order valence-corrected chi connectivity index (χ1v) is 5.37. The van der Waals surface area contributed by atoms with Gasteiger partial charge in [-0.25, -0.2) is 0 Å². The topological polar surface area (TPSA) is 46.3 Å². The zero-order chi connectivity index (χ0) is 12.3. The van der Waals surface area contributed by atoms with Crippen LogP contribution < -0.4 is 5.73 Å². The summed E-state index contributed by atoms with van der Waals surface area (Å²) in [4.78, 5) is 12.5. The van der Waals surface area contributed by atoms with E-state index in [1.165, 1.54) is 11.9 Å². The van der Waals surface area contributed by atoms with Gasteiger partial charge in [0.15, 0.2) is 0 Å². The predicted octanol–water partition coefficient (Wildman–Crippen LogP) is 1.67. The molecule has 16 heavy (non-hydrogen) atoms. The summed E-state index contributed by atoms with van der Waals surface area (Å²) in [6.45, 7) is 0. The molecule has 1 rings (SSSR count). The quantitative estimate of drug-likeness (QED) is 0.795. The minimum Gasteiger partial charge on any atom is -0.342 e. The SMILES string of the molecule is CN(C(=O)CC(F)(F)F)C1CCC(N)CC1. The van der Waals surface area contributed by atoms with E-state index >= 15 is 0 Å². The summed E-state index contributed by atoms with van der Waals surface area (Å²) in [7, 11) is 1.44. The summed E-state index contributed by atoms with van der Waals surface area (Å²) < 4.78 is 36.1. The third kappa shape index (κ3) is 4.00. The Kier molecular flexibility index (Phi) is 4.18. The Hall–Kier alpha value is -0.780. The van der Waals surface area contributed by atoms with Crippen molar-refractivity contribution in [3.05, 3.63) is 0 Å². The first-order valence-electron chi connectivity index (χ1n) is 5.37. The fourth-order valence-electron chi connectivity index (χ4n) is 1.99. The van der Waals surface area contributed by atoms with Crippen LogP contribution in [0.25, 0.3) is 0 Å². The lowest BCUT2D eigenvalue weighted by Gasteiger charge is -2.33. The Morgan fingerprint density at radius 1 is 1.31 bits per heavy atom. The van der Waals surface area contributed by atoms with Gasteiger partial charge < -0.3 is 10.6 Å². The molecule has 0 aliphatic heterocycles. The number of alkyl halides is 3. The highest BCUT2D eigenvalue weighted by Gasteiger charge is 2.34. The summed E-state index contributed by atoms with van der Waals surface area (Å²) >= 11 is 0. The van der Waals surface area contributed by atoms with E-state index < -0.39 is 18.5 Å². The zero-order valence-corrected chi connectivity index (χ0v) is 9.26. The lowest BCUT2D eigenvalue weighted by Crippen LogP contribution is -2.43. The predicted molar refractivity (Wildman–Crippen MR) is 53.7 cm³/mol. The number of nitrogens with zero attached hydrogens (tertiary/aromatic N) is 1. The van der Waals surface area contributed by atoms with Crippen LogP contribution in [0.2, 0.25) is 0 Å². The molecule has 1 aliphatic carbocycles. The molecule has 0 atom stereocenters. The molecule has 0 unspecified atom stereocenters. The number of halogens is 3. The summed E-state index contributed by atoms with van der Waals surface area (Å²) in [5.74, 6) is -0.854. The van der Waals surface area contributed by atoms with E-state index in [2.05, 4.69) is 0 Å². The molecule has 2 N–H and O–H groups in total. The number of nitrogens with two attached hydrogens (primary N) is 1. The van der Waals surface area contributed by atoms with Crippen molar-refractivity contribution < 1.29 is 18.0 Å². The molecule has 0 spiro atoms. The first kappa shape index (κ1) is 13.3. The minimum atomic E-state index is -4.42. The standard InChI is InChI=1S/C10H17F3N2O/c1-15(9(16)6-10(11,12)13)8-4-2-7(14)3-5-8/h7-8H,2-6,14H2,1H3. The molecule has 0 aromatic rings. The van der Waals surface area contributed by atoms with Gasteiger partial charge in [-0.1, -0.05) is 0 Å². The molecule has 1 aliphatic rings. The zero-order valence-electron chi connectivity index (χ0n) is 9.26. The van der Waals surface area contributed by atoms with Crippen molar-refractivity contribution in [3.63, 3.8) is 0 Å². The molecule has 94 valence electrons. The van der Waals surface area contributed by atoms with E-state index in [4.69, 9.17) is 5.73 Å². The number of rotatable bonds is 2. The van der Waals surface area contributed by atoms with E-state index in [1.807, 2.05) is 0 Å². The van der Waals surface area contributed by atoms with Crippen LogP contribution in [0.15, 0.2) is 0 Å². The van der Waals surface area contributed by atoms with Gasteiger partial charge >= 0.3 is 6.18 Å². The van der Waals surface area contributed by atoms with Crippen LogP contribution in [-0.2, 0) is 4.79 Å². The van der Waals surface area contributed by atoms with E-state index in [0.717, 1.165) is 12.8 Å². The number of carbonyl (C=O) groups excluding carboxylic acids is 1. The van der Waals surface area contributed by atoms with Gasteiger partial charge in [-0.2, -0.15) is 13.2 Å². The van der Waals surface area contributed by atoms with Crippen molar-refractivity contribution in [1.29, 1.82) is 0 Å². The van der Waals surface area contributed by atoms with Gasteiger partial charge in [0.2, 0.25) is 5.91 Å². The maximum absolute atomic E-state index is 12.0. The highest BCUT2D eigenvalue weighted by molar-refractivity contribution is 5.76. The molecule has 1 amide bonds. The first-order chi connectivity index (χ1) is 7.29. The lowest BCUT2D eigenvalue weighted by molar-refractivity contribution is -0.162. The van der Waals surface area contributed by atoms with Crippen LogP contribution in [-0.4, -0.2) is 36.1 Å². The van der Waals surface area contributed by atoms with Gasteiger partial charge in [0.1, 0.15) is 6.42 Å². The second-order valence-corrected chi connectivity index (χ2v) is 4.37. The van der Waals surface area contributed by atoms with E-state index in [-0.39, 0.29) is 12.1 Å². The van der Waals surface area contributed by atoms with Crippen LogP contribution in [0.5, 0.6) is 0 Å². The minimum absolute atomic E-state index is 0.0883. The van der Waals surface area contributed by atoms with Gasteiger partial charge in [-0.05, 0) is 25.7 Å². The molecule has 0 saturated heterocycles. The van der Waals surface area contributed by atoms with Crippen molar-refractivity contribution in [3.8, 4) is 0 Å². The summed E-state index contributed by atoms with van der Waals surface area (Å²) in [6, 6.07) is 0.0389. The highest BCUT2D eigenvalue weighted by atomic mass is 19.4. The Bertz CT molecular complexity index is 247. The molecule has 0 aromatic carbocycles. The molecular formula is C10H17F3N2O. The molecular weight excluding hydrogens is 221 g/mol. The molecule has 3 nitrogen and oxygen atoms in total. The lowest BCUT2D eigenvalue weighted by atomic mass is 9.91. The molecule has 6 heteroatoms. The second-order valence-electron chi connectivity index (χ2n) is 4.37. The molecule has 0 bridgehead atoms. The normalized spacial score (nSPS) is 26.6. The van der Waals surface area contributed by atoms with Gasteiger partial charge in [0.25, 0.3) is 0 Å². The number of hydrogen-bond donors (Lipinski definition) is 1. The van der Waals surface area contributed by atoms with Crippen LogP contribution >= 0.6 is 0 Å². The Labute approximate surface area is 92.8 Å². The van der Waals surface area contributed by atoms with Gasteiger partial charge in [0, 0.05) is 19.1 Å². The Morgan fingerprint density at radius 3 is 2.25 bits per heavy atom. The van der Waals surface area contributed by atoms with Gasteiger partial charge in [-0.3, -0.25) is 4.79 Å². The molecule has 0 heterocycles. The Balaban J connectivity index is 2.45. The van der Waals surface area contributed by atoms with E-state index in [1.54, 1.807) is 0 Å². The fourth-order valence-corrected chi connectivity index (χ4v) is 1.99. The molecule has 1 saturated carbocycles. The molecule has 0 radical (unpaired) electrons. The van der Waals surface area contributed by atoms with Crippen LogP contribution in [0.4, 0.5) is 13.2 Å². The van der Waals surface area contributed by atoms with Crippen molar-refractivity contribution in [1.82, 2.24) is 4.90 Å². The van der Waals surface area contributed by atoms with E-state index in [9.17, 15) is 18.0 Å². The van der Waals surface area contributed by atoms with Crippen LogP contribution in [0, 0.1) is 0 Å². The maximum Gasteiger partial charge on any atom is 0.397 e. The number of amides is 1. The van der Waals surface area contributed by atoms with Crippen LogP contribution in [0.3, 0.4) is 0 Å². The van der Waals surface area contributed by atoms with Crippen molar-refractivity contribution in [2.45, 2.75) is 50.4 Å². The third-order valence-electron chi connectivity index (χ3n) is 3.03. The monoisotopic (exact) mass is 238 g/mol. The van der Waals surface area contributed by atoms with Crippen LogP contribution in [0.1, 0.15) is 32.1 Å². The average molecular weight is 238 g/mol. The van der Waals surface area contributed by atoms with Gasteiger partial charge in [-0.15, -0.1) is 0 Å². The Morgan fingerprint density at radius 2 is 1.81 bits per heavy atom. The fraction of sp³-hybridized carbons (Fsp3) is 0.900. The number of carbonyl (C=O) groups is 1. The smallest absolute Gasteiger partial charge is 0.342 e. The third-order valence-corrected chi connectivity index (χ3v) is 3.03. The summed E-state index contributed by atoms with van der Waals surface area (Å²) in [5.41, 5.74) is 5.69. The van der Waals surface area contributed by atoms with Crippen molar-refractivity contribution >= 4 is 5.91 Å². The maximum atomic E-state index is 12.0. The number of hydrogen-bond acceptors (Lipinski definition) is 2. The molecule has 0 aromatic heterocycles. The van der Waals surface area contributed by atoms with Gasteiger partial charge in [0.05, 0.1) is 0 Å². The summed E-state index contributed by atoms with van der Waals surface area (Å²) in [5, 5.41) is 0. The molecule has 1 fully saturated rings.